The highest BCUT2D eigenvalue weighted by atomic mass is 19.2. The quantitative estimate of drug-likeness (QED) is 0.165. The SMILES string of the molecule is C.C.C.C.C.C.Cc1cc2c(c(F)c1F)OC(C(=O)OC1CCC(C)CC1)CC2.Cc1cc2c(c(F)c1F)OC(CCC1CCC(C)CC1)CC2.Cc1cc2c(c(F)c1F)OC(COC1CCC(C)CC1)CC2.[HH].[HH].[HH]. The Kier molecular flexibility index (Phi) is 28.1. The summed E-state index contributed by atoms with van der Waals surface area (Å²) in [6.45, 7) is 12.0. The van der Waals surface area contributed by atoms with Gasteiger partial charge in [-0.3, -0.25) is 0 Å². The monoisotopic (exact) mass is 1040 g/mol. The van der Waals surface area contributed by atoms with E-state index < -0.39 is 47.0 Å². The van der Waals surface area contributed by atoms with Crippen molar-refractivity contribution in [2.45, 2.75) is 245 Å². The standard InChI is InChI=1S/C19H26F2O.C18H22F2O3.C18H24F2O2.6CH4.3H2/c1-12-3-5-14(6-4-12)7-9-16-10-8-15-11-13(2)17(20)18(21)19(15)22-16;1-10-3-6-13(7-4-10)22-18(21)14-8-5-12-9-11(2)15(19)16(20)17(12)23-14;1-11-3-6-14(7-4-11)21-10-15-8-5-13-9-12(2)16(19)17(20)18(13)22-15;;;;;;;;;/h11-12,14,16H,3-10H2,1-2H3;9-10,13-14H,3-8H2,1-2H3;9,11,14-15H,3-8,10H2,1-2H3;6*1H4;3*1H. The van der Waals surface area contributed by atoms with Gasteiger partial charge < -0.3 is 23.7 Å². The van der Waals surface area contributed by atoms with Gasteiger partial charge in [-0.1, -0.05) is 91.0 Å². The first-order chi connectivity index (χ1) is 32.0. The van der Waals surface area contributed by atoms with Gasteiger partial charge in [-0.25, -0.2) is 18.0 Å². The number of carbonyl (C=O) groups is 1. The lowest BCUT2D eigenvalue weighted by molar-refractivity contribution is -0.160. The second kappa shape index (κ2) is 30.6. The van der Waals surface area contributed by atoms with Gasteiger partial charge in [0.15, 0.2) is 40.8 Å². The van der Waals surface area contributed by atoms with E-state index in [4.69, 9.17) is 23.7 Å². The molecule has 6 nitrogen and oxygen atoms in total. The molecule has 0 N–H and O–H groups in total. The number of halogens is 6. The molecule has 0 bridgehead atoms. The Labute approximate surface area is 442 Å². The summed E-state index contributed by atoms with van der Waals surface area (Å²) in [5.41, 5.74) is 3.15. The molecular formula is C61H102F6O6. The minimum absolute atomic E-state index is 0. The summed E-state index contributed by atoms with van der Waals surface area (Å²) in [5.74, 6) is -2.38. The van der Waals surface area contributed by atoms with Crippen molar-refractivity contribution in [1.29, 1.82) is 0 Å². The number of hydrogen-bond donors (Lipinski definition) is 0. The van der Waals surface area contributed by atoms with Crippen molar-refractivity contribution in [3.8, 4) is 17.2 Å². The fourth-order valence-corrected chi connectivity index (χ4v) is 10.7. The molecule has 3 aromatic carbocycles. The Balaban J connectivity index is -0.000000993. The average Bonchev–Trinajstić information content (AvgIpc) is 3.33. The van der Waals surface area contributed by atoms with Crippen LogP contribution in [0, 0.1) is 79.3 Å². The lowest BCUT2D eigenvalue weighted by Gasteiger charge is -2.30. The molecule has 3 saturated carbocycles. The van der Waals surface area contributed by atoms with Crippen LogP contribution in [0.5, 0.6) is 17.2 Å². The van der Waals surface area contributed by atoms with Crippen molar-refractivity contribution < 1.29 is 59.1 Å². The second-order valence-electron chi connectivity index (χ2n) is 20.9. The highest BCUT2D eigenvalue weighted by Gasteiger charge is 2.34. The van der Waals surface area contributed by atoms with Crippen molar-refractivity contribution >= 4 is 5.97 Å². The summed E-state index contributed by atoms with van der Waals surface area (Å²) in [5, 5.41) is 0. The molecule has 3 aromatic rings. The van der Waals surface area contributed by atoms with Crippen molar-refractivity contribution in [1.82, 2.24) is 0 Å². The molecule has 3 heterocycles. The third kappa shape index (κ3) is 17.3. The van der Waals surface area contributed by atoms with Gasteiger partial charge in [-0.2, -0.15) is 13.2 Å². The maximum Gasteiger partial charge on any atom is 0.347 e. The smallest absolute Gasteiger partial charge is 0.347 e. The van der Waals surface area contributed by atoms with E-state index in [0.717, 1.165) is 99.5 Å². The molecule has 6 aliphatic rings. The van der Waals surface area contributed by atoms with Gasteiger partial charge in [0, 0.05) is 4.28 Å². The van der Waals surface area contributed by atoms with Crippen LogP contribution in [0.2, 0.25) is 0 Å². The normalized spacial score (nSPS) is 25.5. The van der Waals surface area contributed by atoms with E-state index in [1.54, 1.807) is 32.0 Å². The Morgan fingerprint density at radius 1 is 0.479 bits per heavy atom. The van der Waals surface area contributed by atoms with Gasteiger partial charge in [0.1, 0.15) is 12.2 Å². The Morgan fingerprint density at radius 3 is 1.30 bits per heavy atom. The maximum absolute atomic E-state index is 14.1. The molecule has 0 radical (unpaired) electrons. The zero-order valence-electron chi connectivity index (χ0n) is 40.5. The van der Waals surface area contributed by atoms with E-state index in [2.05, 4.69) is 20.8 Å². The van der Waals surface area contributed by atoms with E-state index in [1.807, 2.05) is 0 Å². The van der Waals surface area contributed by atoms with E-state index in [-0.39, 0.29) is 90.0 Å². The summed E-state index contributed by atoms with van der Waals surface area (Å²) in [6.07, 6.45) is 19.2. The number of rotatable bonds is 8. The van der Waals surface area contributed by atoms with Crippen molar-refractivity contribution in [2.75, 3.05) is 6.61 Å². The number of hydrogen-bond acceptors (Lipinski definition) is 6. The molecule has 3 unspecified atom stereocenters. The van der Waals surface area contributed by atoms with Gasteiger partial charge in [0.05, 0.1) is 18.8 Å². The fourth-order valence-electron chi connectivity index (χ4n) is 10.7. The van der Waals surface area contributed by atoms with Crippen LogP contribution in [0.1, 0.15) is 212 Å². The first-order valence-corrected chi connectivity index (χ1v) is 25.3. The summed E-state index contributed by atoms with van der Waals surface area (Å²) < 4.78 is 112. The van der Waals surface area contributed by atoms with Crippen LogP contribution in [-0.4, -0.2) is 43.1 Å². The Morgan fingerprint density at radius 2 is 0.849 bits per heavy atom. The van der Waals surface area contributed by atoms with Crippen LogP contribution in [0.3, 0.4) is 0 Å². The molecule has 3 aliphatic heterocycles. The molecular weight excluding hydrogens is 943 g/mol. The molecule has 3 fully saturated rings. The molecule has 73 heavy (non-hydrogen) atoms. The third-order valence-electron chi connectivity index (χ3n) is 15.3. The lowest BCUT2D eigenvalue weighted by Crippen LogP contribution is -2.36. The van der Waals surface area contributed by atoms with Crippen LogP contribution in [0.4, 0.5) is 26.3 Å². The number of benzene rings is 3. The molecule has 424 valence electrons. The van der Waals surface area contributed by atoms with Gasteiger partial charge in [-0.05, 0) is 199 Å². The lowest BCUT2D eigenvalue weighted by atomic mass is 9.80. The van der Waals surface area contributed by atoms with Crippen LogP contribution in [-0.2, 0) is 33.5 Å². The maximum atomic E-state index is 14.1. The molecule has 0 saturated heterocycles. The van der Waals surface area contributed by atoms with E-state index in [9.17, 15) is 31.1 Å². The molecule has 3 atom stereocenters. The van der Waals surface area contributed by atoms with E-state index in [1.165, 1.54) is 45.4 Å². The number of fused-ring (bicyclic) bond motifs is 3. The van der Waals surface area contributed by atoms with E-state index in [0.29, 0.717) is 54.6 Å². The number of aryl methyl sites for hydroxylation is 6. The topological polar surface area (TPSA) is 63.2 Å². The summed E-state index contributed by atoms with van der Waals surface area (Å²) in [4.78, 5) is 12.3. The molecule has 0 amide bonds. The van der Waals surface area contributed by atoms with Crippen LogP contribution in [0.15, 0.2) is 18.2 Å². The Hall–Kier alpha value is -3.93. The van der Waals surface area contributed by atoms with Gasteiger partial charge in [-0.15, -0.1) is 0 Å². The molecule has 3 aliphatic carbocycles. The Bertz CT molecular complexity index is 2080. The highest BCUT2D eigenvalue weighted by molar-refractivity contribution is 5.76. The predicted octanol–water partition coefficient (Wildman–Crippen LogP) is 18.8. The molecule has 0 aromatic heterocycles. The van der Waals surface area contributed by atoms with E-state index >= 15 is 0 Å². The van der Waals surface area contributed by atoms with Crippen molar-refractivity contribution in [3.05, 3.63) is 86.5 Å². The molecule has 9 rings (SSSR count). The van der Waals surface area contributed by atoms with Crippen LogP contribution >= 0.6 is 0 Å². The fraction of sp³-hybridized carbons (Fsp3) is 0.689. The number of esters is 1. The van der Waals surface area contributed by atoms with Gasteiger partial charge in [0.2, 0.25) is 17.5 Å². The van der Waals surface area contributed by atoms with Gasteiger partial charge in [0.25, 0.3) is 0 Å². The first-order valence-electron chi connectivity index (χ1n) is 25.3. The largest absolute Gasteiger partial charge is 0.487 e. The zero-order valence-corrected chi connectivity index (χ0v) is 40.5. The number of ether oxygens (including phenoxy) is 5. The summed E-state index contributed by atoms with van der Waals surface area (Å²) in [7, 11) is 0. The average molecular weight is 1050 g/mol. The summed E-state index contributed by atoms with van der Waals surface area (Å²) in [6, 6.07) is 5.00. The van der Waals surface area contributed by atoms with Crippen LogP contribution in [0.25, 0.3) is 0 Å². The third-order valence-corrected chi connectivity index (χ3v) is 15.3. The minimum Gasteiger partial charge on any atom is -0.487 e. The zero-order chi connectivity index (χ0) is 47.9. The van der Waals surface area contributed by atoms with Gasteiger partial charge >= 0.3 is 5.97 Å². The molecule has 12 heteroatoms. The van der Waals surface area contributed by atoms with Crippen LogP contribution < -0.4 is 14.2 Å². The molecule has 0 spiro atoms. The minimum atomic E-state index is -1.01. The second-order valence-corrected chi connectivity index (χ2v) is 20.9. The summed E-state index contributed by atoms with van der Waals surface area (Å²) >= 11 is 0. The predicted molar refractivity (Wildman–Crippen MR) is 293 cm³/mol. The first kappa shape index (κ1) is 67.1. The number of carbonyl (C=O) groups excluding carboxylic acids is 1. The highest BCUT2D eigenvalue weighted by Crippen LogP contribution is 2.39. The van der Waals surface area contributed by atoms with Crippen molar-refractivity contribution in [2.24, 2.45) is 23.7 Å². The van der Waals surface area contributed by atoms with Crippen molar-refractivity contribution in [3.63, 3.8) is 0 Å².